The lowest BCUT2D eigenvalue weighted by molar-refractivity contribution is -0.137. The largest absolute Gasteiger partial charge is 0.497 e. The topological polar surface area (TPSA) is 99.2 Å². The molecule has 0 amide bonds. The summed E-state index contributed by atoms with van der Waals surface area (Å²) in [6.45, 7) is 0.000949. The monoisotopic (exact) mass is 426 g/mol. The number of ether oxygens (including phenoxy) is 1. The number of methoxy groups -OCH3 is 1. The Morgan fingerprint density at radius 1 is 1.14 bits per heavy atom. The van der Waals surface area contributed by atoms with Gasteiger partial charge in [-0.3, -0.25) is 0 Å². The van der Waals surface area contributed by atoms with Gasteiger partial charge in [-0.25, -0.2) is 18.2 Å². The number of halogens is 3. The Labute approximate surface area is 165 Å². The summed E-state index contributed by atoms with van der Waals surface area (Å²) in [5.74, 6) is 0.686. The maximum Gasteiger partial charge on any atom is 0.418 e. The maximum absolute atomic E-state index is 13.3. The first-order chi connectivity index (χ1) is 13.6. The Hall–Kier alpha value is -3.05. The predicted octanol–water partition coefficient (Wildman–Crippen LogP) is 3.16. The Bertz CT molecular complexity index is 1110. The van der Waals surface area contributed by atoms with Gasteiger partial charge in [0.25, 0.3) is 0 Å². The van der Waals surface area contributed by atoms with Crippen molar-refractivity contribution >= 4 is 15.7 Å². The van der Waals surface area contributed by atoms with Gasteiger partial charge in [-0.15, -0.1) is 0 Å². The van der Waals surface area contributed by atoms with Crippen LogP contribution < -0.4 is 15.2 Å². The normalized spacial score (nSPS) is 12.0. The lowest BCUT2D eigenvalue weighted by atomic mass is 10.1. The van der Waals surface area contributed by atoms with Crippen molar-refractivity contribution < 1.29 is 26.3 Å². The molecule has 0 aliphatic heterocycles. The molecule has 1 heterocycles. The van der Waals surface area contributed by atoms with Crippen molar-refractivity contribution in [1.29, 1.82) is 0 Å². The van der Waals surface area contributed by atoms with Gasteiger partial charge in [0.05, 0.1) is 35.5 Å². The van der Waals surface area contributed by atoms with Crippen LogP contribution in [0.25, 0.3) is 5.69 Å². The van der Waals surface area contributed by atoms with Crippen molar-refractivity contribution in [2.45, 2.75) is 17.6 Å². The summed E-state index contributed by atoms with van der Waals surface area (Å²) in [5.41, 5.74) is -0.155. The van der Waals surface area contributed by atoms with E-state index in [-0.39, 0.29) is 12.2 Å². The van der Waals surface area contributed by atoms with Crippen LogP contribution in [-0.4, -0.2) is 25.3 Å². The number of hydrogen-bond acceptors (Lipinski definition) is 5. The highest BCUT2D eigenvalue weighted by Crippen LogP contribution is 2.36. The first-order valence-corrected chi connectivity index (χ1v) is 9.79. The molecule has 0 fully saturated rings. The minimum absolute atomic E-state index is 0.000949. The van der Waals surface area contributed by atoms with Crippen molar-refractivity contribution in [3.8, 4) is 11.4 Å². The van der Waals surface area contributed by atoms with Crippen LogP contribution in [0, 0.1) is 0 Å². The van der Waals surface area contributed by atoms with E-state index < -0.39 is 26.7 Å². The number of nitrogens with one attached hydrogen (secondary N) is 1. The number of hydrogen-bond donors (Lipinski definition) is 2. The second kappa shape index (κ2) is 7.76. The van der Waals surface area contributed by atoms with Gasteiger partial charge in [0.1, 0.15) is 5.75 Å². The molecule has 0 saturated carbocycles. The van der Waals surface area contributed by atoms with Crippen LogP contribution in [0.2, 0.25) is 0 Å². The van der Waals surface area contributed by atoms with Crippen LogP contribution in [0.3, 0.4) is 0 Å². The van der Waals surface area contributed by atoms with Crippen LogP contribution in [0.5, 0.6) is 5.75 Å². The number of aromatic nitrogens is 2. The molecule has 3 N–H and O–H groups in total. The third-order valence-electron chi connectivity index (χ3n) is 4.07. The molecule has 0 unspecified atom stereocenters. The van der Waals surface area contributed by atoms with E-state index in [1.54, 1.807) is 48.3 Å². The zero-order valence-electron chi connectivity index (χ0n) is 15.1. The molecule has 154 valence electrons. The zero-order chi connectivity index (χ0) is 21.2. The molecule has 7 nitrogen and oxygen atoms in total. The molecule has 29 heavy (non-hydrogen) atoms. The number of alkyl halides is 3. The van der Waals surface area contributed by atoms with Crippen LogP contribution in [0.15, 0.2) is 59.6 Å². The number of nitrogens with two attached hydrogens (primary N) is 1. The summed E-state index contributed by atoms with van der Waals surface area (Å²) >= 11 is 0. The second-order valence-corrected chi connectivity index (χ2v) is 7.61. The molecule has 2 aromatic carbocycles. The fraction of sp³-hybridized carbons (Fsp3) is 0.167. The number of benzene rings is 2. The molecule has 1 aromatic heterocycles. The second-order valence-electron chi connectivity index (χ2n) is 6.05. The molecular formula is C18H17F3N4O3S. The molecule has 3 rings (SSSR count). The van der Waals surface area contributed by atoms with Gasteiger partial charge in [0.2, 0.25) is 10.0 Å². The number of nitrogens with zero attached hydrogens (tertiary/aromatic N) is 2. The fourth-order valence-corrected chi connectivity index (χ4v) is 3.15. The molecule has 0 aliphatic rings. The number of rotatable bonds is 6. The summed E-state index contributed by atoms with van der Waals surface area (Å²) < 4.78 is 69.3. The average molecular weight is 426 g/mol. The molecule has 11 heteroatoms. The smallest absolute Gasteiger partial charge is 0.418 e. The van der Waals surface area contributed by atoms with E-state index in [0.717, 1.165) is 17.8 Å². The molecule has 0 saturated heterocycles. The van der Waals surface area contributed by atoms with E-state index in [1.165, 1.54) is 0 Å². The van der Waals surface area contributed by atoms with E-state index in [0.29, 0.717) is 17.5 Å². The zero-order valence-corrected chi connectivity index (χ0v) is 16.0. The van der Waals surface area contributed by atoms with Gasteiger partial charge in [-0.2, -0.15) is 18.3 Å². The molecule has 0 atom stereocenters. The molecule has 3 aromatic rings. The van der Waals surface area contributed by atoms with Gasteiger partial charge in [-0.1, -0.05) is 0 Å². The standard InChI is InChI=1S/C18H17F3N4O3S/c1-28-14-4-2-13(3-5-14)25-9-8-12(24-25)11-23-17-7-6-15(29(22,26)27)10-16(17)18(19,20)21/h2-10,23H,11H2,1H3,(H2,22,26,27). The highest BCUT2D eigenvalue weighted by Gasteiger charge is 2.34. The van der Waals surface area contributed by atoms with Gasteiger partial charge >= 0.3 is 6.18 Å². The average Bonchev–Trinajstić information content (AvgIpc) is 3.14. The van der Waals surface area contributed by atoms with Crippen LogP contribution >= 0.6 is 0 Å². The Kier molecular flexibility index (Phi) is 5.53. The molecule has 0 radical (unpaired) electrons. The summed E-state index contributed by atoms with van der Waals surface area (Å²) in [7, 11) is -2.70. The summed E-state index contributed by atoms with van der Waals surface area (Å²) in [4.78, 5) is -0.612. The highest BCUT2D eigenvalue weighted by molar-refractivity contribution is 7.89. The van der Waals surface area contributed by atoms with Crippen molar-refractivity contribution in [2.24, 2.45) is 5.14 Å². The summed E-state index contributed by atoms with van der Waals surface area (Å²) in [6.07, 6.45) is -3.08. The van der Waals surface area contributed by atoms with E-state index in [2.05, 4.69) is 10.4 Å². The first kappa shape index (κ1) is 20.7. The van der Waals surface area contributed by atoms with Crippen molar-refractivity contribution in [2.75, 3.05) is 12.4 Å². The Morgan fingerprint density at radius 3 is 2.41 bits per heavy atom. The minimum Gasteiger partial charge on any atom is -0.497 e. The third-order valence-corrected chi connectivity index (χ3v) is 4.98. The first-order valence-electron chi connectivity index (χ1n) is 8.25. The molecule has 0 bridgehead atoms. The number of sulfonamides is 1. The van der Waals surface area contributed by atoms with Crippen molar-refractivity contribution in [3.63, 3.8) is 0 Å². The lowest BCUT2D eigenvalue weighted by Gasteiger charge is -2.15. The van der Waals surface area contributed by atoms with Gasteiger partial charge in [0, 0.05) is 11.9 Å². The van der Waals surface area contributed by atoms with Crippen LogP contribution in [-0.2, 0) is 22.7 Å². The Morgan fingerprint density at radius 2 is 1.83 bits per heavy atom. The van der Waals surface area contributed by atoms with Gasteiger partial charge in [-0.05, 0) is 48.5 Å². The Balaban J connectivity index is 1.80. The summed E-state index contributed by atoms with van der Waals surface area (Å²) in [6, 6.07) is 11.3. The summed E-state index contributed by atoms with van der Waals surface area (Å²) in [5, 5.41) is 11.9. The van der Waals surface area contributed by atoms with Crippen molar-refractivity contribution in [3.05, 3.63) is 66.0 Å². The van der Waals surface area contributed by atoms with E-state index in [1.807, 2.05) is 0 Å². The van der Waals surface area contributed by atoms with Gasteiger partial charge in [0.15, 0.2) is 0 Å². The number of primary sulfonamides is 1. The maximum atomic E-state index is 13.3. The molecule has 0 aliphatic carbocycles. The van der Waals surface area contributed by atoms with Crippen LogP contribution in [0.4, 0.5) is 18.9 Å². The lowest BCUT2D eigenvalue weighted by Crippen LogP contribution is -2.16. The van der Waals surface area contributed by atoms with Crippen LogP contribution in [0.1, 0.15) is 11.3 Å². The van der Waals surface area contributed by atoms with Gasteiger partial charge < -0.3 is 10.1 Å². The highest BCUT2D eigenvalue weighted by atomic mass is 32.2. The minimum atomic E-state index is -4.76. The van der Waals surface area contributed by atoms with E-state index >= 15 is 0 Å². The van der Waals surface area contributed by atoms with E-state index in [4.69, 9.17) is 9.88 Å². The predicted molar refractivity (Wildman–Crippen MR) is 100 cm³/mol. The SMILES string of the molecule is COc1ccc(-n2ccc(CNc3ccc(S(N)(=O)=O)cc3C(F)(F)F)n2)cc1. The quantitative estimate of drug-likeness (QED) is 0.631. The molecular weight excluding hydrogens is 409 g/mol. The molecule has 0 spiro atoms. The third kappa shape index (κ3) is 4.87. The number of anilines is 1. The fourth-order valence-electron chi connectivity index (χ4n) is 2.61. The van der Waals surface area contributed by atoms with Crippen molar-refractivity contribution in [1.82, 2.24) is 9.78 Å². The van der Waals surface area contributed by atoms with E-state index in [9.17, 15) is 21.6 Å².